The Bertz CT molecular complexity index is 1330. The van der Waals surface area contributed by atoms with Crippen LogP contribution in [0.25, 0.3) is 0 Å². The second-order valence-electron chi connectivity index (χ2n) is 10.8. The zero-order valence-corrected chi connectivity index (χ0v) is 23.7. The van der Waals surface area contributed by atoms with Gasteiger partial charge in [-0.15, -0.1) is 11.3 Å². The zero-order chi connectivity index (χ0) is 27.6. The fourth-order valence-corrected chi connectivity index (χ4v) is 6.74. The number of halogens is 3. The minimum Gasteiger partial charge on any atom is -0.379 e. The van der Waals surface area contributed by atoms with Crippen molar-refractivity contribution in [1.29, 1.82) is 5.26 Å². The molecule has 1 N–H and O–H groups in total. The summed E-state index contributed by atoms with van der Waals surface area (Å²) in [5, 5.41) is 15.1. The van der Waals surface area contributed by atoms with E-state index in [9.17, 15) is 18.4 Å². The van der Waals surface area contributed by atoms with E-state index in [-0.39, 0.29) is 18.2 Å². The van der Waals surface area contributed by atoms with Crippen molar-refractivity contribution in [2.45, 2.75) is 63.3 Å². The first-order valence-corrected chi connectivity index (χ1v) is 14.8. The Balaban J connectivity index is 1.32. The first-order chi connectivity index (χ1) is 18.7. The Morgan fingerprint density at radius 1 is 1.26 bits per heavy atom. The molecule has 39 heavy (non-hydrogen) atoms. The minimum atomic E-state index is -4.49. The summed E-state index contributed by atoms with van der Waals surface area (Å²) in [7, 11) is 3.74. The molecule has 2 aliphatic rings. The second kappa shape index (κ2) is 11.8. The number of rotatable bonds is 8. The van der Waals surface area contributed by atoms with Crippen molar-refractivity contribution in [1.82, 2.24) is 14.9 Å². The Kier molecular flexibility index (Phi) is 8.40. The minimum absolute atomic E-state index is 0.0157. The van der Waals surface area contributed by atoms with E-state index >= 15 is 0 Å². The molecule has 0 spiro atoms. The molecule has 1 saturated carbocycles. The van der Waals surface area contributed by atoms with Gasteiger partial charge in [0.15, 0.2) is 5.69 Å². The number of likely N-dealkylation sites (tertiary alicyclic amines) is 1. The molecule has 1 aliphatic carbocycles. The van der Waals surface area contributed by atoms with Crippen LogP contribution < -0.4 is 5.32 Å². The normalized spacial score (nSPS) is 21.2. The molecule has 10 heteroatoms. The zero-order valence-electron chi connectivity index (χ0n) is 21.8. The summed E-state index contributed by atoms with van der Waals surface area (Å²) in [4.78, 5) is 11.0. The number of nitrogens with zero attached hydrogens (tertiary/aromatic N) is 4. The van der Waals surface area contributed by atoms with Gasteiger partial charge in [-0.25, -0.2) is 4.98 Å². The van der Waals surface area contributed by atoms with E-state index in [2.05, 4.69) is 43.4 Å². The second-order valence-corrected chi connectivity index (χ2v) is 12.4. The van der Waals surface area contributed by atoms with Crippen LogP contribution in [0.1, 0.15) is 71.6 Å². The van der Waals surface area contributed by atoms with Crippen LogP contribution in [-0.4, -0.2) is 38.2 Å². The fourth-order valence-electron chi connectivity index (χ4n) is 5.54. The highest BCUT2D eigenvalue weighted by Crippen LogP contribution is 2.44. The molecule has 2 fully saturated rings. The number of pyridine rings is 1. The first-order valence-electron chi connectivity index (χ1n) is 13.4. The molecule has 3 atom stereocenters. The van der Waals surface area contributed by atoms with Crippen LogP contribution in [0.4, 0.5) is 18.9 Å². The Labute approximate surface area is 234 Å². The van der Waals surface area contributed by atoms with Crippen LogP contribution in [0.15, 0.2) is 41.9 Å². The topological polar surface area (TPSA) is 64.8 Å². The van der Waals surface area contributed by atoms with Crippen LogP contribution in [-0.2, 0) is 19.3 Å². The summed E-state index contributed by atoms with van der Waals surface area (Å²) in [6, 6.07) is 11.2. The molecule has 5 rings (SSSR count). The van der Waals surface area contributed by atoms with Crippen molar-refractivity contribution in [2.75, 3.05) is 18.4 Å². The maximum absolute atomic E-state index is 14.1. The average molecular weight is 567 g/mol. The summed E-state index contributed by atoms with van der Waals surface area (Å²) < 4.78 is 42.2. The lowest BCUT2D eigenvalue weighted by Crippen LogP contribution is -2.36. The van der Waals surface area contributed by atoms with Gasteiger partial charge in [0, 0.05) is 46.5 Å². The Hall–Kier alpha value is -2.74. The summed E-state index contributed by atoms with van der Waals surface area (Å²) in [5.74, 6) is 0.970. The lowest BCUT2D eigenvalue weighted by atomic mass is 9.73. The molecule has 3 radical (unpaired) electrons. The molecule has 1 aromatic carbocycles. The summed E-state index contributed by atoms with van der Waals surface area (Å²) in [6.07, 6.45) is 1.43. The monoisotopic (exact) mass is 566 g/mol. The smallest absolute Gasteiger partial charge is 0.379 e. The lowest BCUT2D eigenvalue weighted by Gasteiger charge is -2.35. The van der Waals surface area contributed by atoms with Gasteiger partial charge in [-0.05, 0) is 72.5 Å². The highest BCUT2D eigenvalue weighted by Gasteiger charge is 2.35. The van der Waals surface area contributed by atoms with E-state index in [1.165, 1.54) is 23.8 Å². The van der Waals surface area contributed by atoms with Gasteiger partial charge in [-0.3, -0.25) is 9.88 Å². The molecule has 2 aromatic heterocycles. The number of nitrogens with one attached hydrogen (secondary N) is 1. The van der Waals surface area contributed by atoms with Gasteiger partial charge >= 0.3 is 6.18 Å². The maximum atomic E-state index is 14.1. The fraction of sp³-hybridized carbons (Fsp3) is 0.483. The number of anilines is 1. The van der Waals surface area contributed by atoms with Gasteiger partial charge < -0.3 is 5.32 Å². The number of benzene rings is 1. The number of thiazole rings is 1. The van der Waals surface area contributed by atoms with Crippen LogP contribution in [0.5, 0.6) is 0 Å². The Morgan fingerprint density at radius 3 is 2.74 bits per heavy atom. The predicted molar refractivity (Wildman–Crippen MR) is 148 cm³/mol. The largest absolute Gasteiger partial charge is 0.418 e. The molecule has 2 unspecified atom stereocenters. The van der Waals surface area contributed by atoms with Gasteiger partial charge in [-0.2, -0.15) is 18.4 Å². The summed E-state index contributed by atoms with van der Waals surface area (Å²) in [6.45, 7) is 4.27. The van der Waals surface area contributed by atoms with Crippen molar-refractivity contribution in [3.05, 3.63) is 75.0 Å². The first kappa shape index (κ1) is 27.8. The van der Waals surface area contributed by atoms with Crippen LogP contribution in [0.2, 0.25) is 5.54 Å². The lowest BCUT2D eigenvalue weighted by molar-refractivity contribution is -0.138. The van der Waals surface area contributed by atoms with E-state index in [0.717, 1.165) is 48.6 Å². The predicted octanol–water partition coefficient (Wildman–Crippen LogP) is 6.77. The van der Waals surface area contributed by atoms with Crippen LogP contribution in [0, 0.1) is 23.2 Å². The number of hydrogen-bond donors (Lipinski definition) is 1. The van der Waals surface area contributed by atoms with E-state index in [1.807, 2.05) is 24.3 Å². The van der Waals surface area contributed by atoms with Crippen molar-refractivity contribution in [3.8, 4) is 6.07 Å². The third-order valence-corrected chi connectivity index (χ3v) is 9.74. The number of nitriles is 1. The molecule has 1 saturated heterocycles. The van der Waals surface area contributed by atoms with Crippen LogP contribution in [0.3, 0.4) is 0 Å². The molecular weight excluding hydrogens is 536 g/mol. The SMILES string of the molecule is C[C@@H]1CN(Cc2cnc(CNc3cccc(C(c4nc(C#N)cs4)C4CCC4)c3)c(C(F)(F)F)c2)CCC1[Si]. The molecule has 0 amide bonds. The van der Waals surface area contributed by atoms with E-state index in [0.29, 0.717) is 35.2 Å². The van der Waals surface area contributed by atoms with E-state index in [4.69, 9.17) is 0 Å². The van der Waals surface area contributed by atoms with Crippen molar-refractivity contribution < 1.29 is 13.2 Å². The van der Waals surface area contributed by atoms with Gasteiger partial charge in [0.2, 0.25) is 0 Å². The number of aromatic nitrogens is 2. The molecule has 1 aliphatic heterocycles. The molecule has 5 nitrogen and oxygen atoms in total. The summed E-state index contributed by atoms with van der Waals surface area (Å²) >= 11 is 1.49. The standard InChI is InChI=1S/C29H31F3N5SSi/c1-18-15-37(9-8-26(18)39)16-19-10-24(29(30,31)32)25(35-13-19)14-34-22-7-3-6-21(11-22)27(20-4-2-5-20)28-36-23(12-33)17-38-28/h3,6-7,10-11,13,17-18,20,26-27,34H,2,4-5,8-9,14-16H2,1H3/t18-,26?,27?/m1/s1. The highest BCUT2D eigenvalue weighted by molar-refractivity contribution is 7.09. The quantitative estimate of drug-likeness (QED) is 0.305. The number of alkyl halides is 3. The van der Waals surface area contributed by atoms with Gasteiger partial charge in [0.05, 0.1) is 17.8 Å². The number of piperidine rings is 1. The highest BCUT2D eigenvalue weighted by atomic mass is 32.1. The van der Waals surface area contributed by atoms with Crippen molar-refractivity contribution in [2.24, 2.45) is 11.8 Å². The van der Waals surface area contributed by atoms with Crippen molar-refractivity contribution in [3.63, 3.8) is 0 Å². The number of hydrogen-bond acceptors (Lipinski definition) is 6. The molecule has 3 aromatic rings. The van der Waals surface area contributed by atoms with E-state index in [1.54, 1.807) is 11.6 Å². The summed E-state index contributed by atoms with van der Waals surface area (Å²) in [5.41, 5.74) is 2.53. The van der Waals surface area contributed by atoms with Crippen LogP contribution >= 0.6 is 11.3 Å². The molecular formula is C29H31F3N5SSi. The molecule has 3 heterocycles. The Morgan fingerprint density at radius 2 is 2.08 bits per heavy atom. The third kappa shape index (κ3) is 6.53. The van der Waals surface area contributed by atoms with Gasteiger partial charge in [-0.1, -0.05) is 25.5 Å². The third-order valence-electron chi connectivity index (χ3n) is 7.96. The van der Waals surface area contributed by atoms with Gasteiger partial charge in [0.25, 0.3) is 0 Å². The van der Waals surface area contributed by atoms with Crippen molar-refractivity contribution >= 4 is 27.3 Å². The average Bonchev–Trinajstić information content (AvgIpc) is 3.36. The van der Waals surface area contributed by atoms with E-state index < -0.39 is 11.7 Å². The molecule has 0 bridgehead atoms. The van der Waals surface area contributed by atoms with Gasteiger partial charge in [0.1, 0.15) is 11.1 Å². The molecule has 203 valence electrons. The maximum Gasteiger partial charge on any atom is 0.418 e.